The van der Waals surface area contributed by atoms with Crippen molar-refractivity contribution in [2.75, 3.05) is 65.4 Å². The van der Waals surface area contributed by atoms with E-state index in [2.05, 4.69) is 21.7 Å². The van der Waals surface area contributed by atoms with Gasteiger partial charge >= 0.3 is 0 Å². The van der Waals surface area contributed by atoms with E-state index in [1.807, 2.05) is 54.4 Å². The first-order valence-electron chi connectivity index (χ1n) is 13.1. The molecule has 0 atom stereocenters. The SMILES string of the molecule is CCN1CCN(C(=O)c2cccc(CSc3nc(Cl)cc(N(C)CCc4ccc(OC)c(OC)c4)n3)c2)CC1. The highest BCUT2D eigenvalue weighted by Gasteiger charge is 2.21. The predicted molar refractivity (Wildman–Crippen MR) is 158 cm³/mol. The summed E-state index contributed by atoms with van der Waals surface area (Å²) in [5.41, 5.74) is 2.90. The molecule has 3 aromatic rings. The zero-order valence-electron chi connectivity index (χ0n) is 23.0. The third-order valence-corrected chi connectivity index (χ3v) is 8.00. The first-order chi connectivity index (χ1) is 18.9. The largest absolute Gasteiger partial charge is 0.493 e. The average Bonchev–Trinajstić information content (AvgIpc) is 2.98. The maximum atomic E-state index is 13.1. The molecule has 1 aliphatic rings. The Morgan fingerprint density at radius 3 is 2.49 bits per heavy atom. The molecule has 0 N–H and O–H groups in total. The summed E-state index contributed by atoms with van der Waals surface area (Å²) < 4.78 is 10.8. The number of hydrogen-bond donors (Lipinski definition) is 0. The van der Waals surface area contributed by atoms with Gasteiger partial charge in [0.2, 0.25) is 0 Å². The van der Waals surface area contributed by atoms with E-state index >= 15 is 0 Å². The molecule has 1 saturated heterocycles. The summed E-state index contributed by atoms with van der Waals surface area (Å²) in [7, 11) is 5.26. The van der Waals surface area contributed by atoms with Crippen LogP contribution >= 0.6 is 23.4 Å². The van der Waals surface area contributed by atoms with Gasteiger partial charge in [0.05, 0.1) is 14.2 Å². The summed E-state index contributed by atoms with van der Waals surface area (Å²) in [6.07, 6.45) is 0.801. The summed E-state index contributed by atoms with van der Waals surface area (Å²) in [4.78, 5) is 28.6. The number of hydrogen-bond acceptors (Lipinski definition) is 8. The van der Waals surface area contributed by atoms with E-state index in [1.165, 1.54) is 11.8 Å². The Hall–Kier alpha value is -3.01. The number of likely N-dealkylation sites (N-methyl/N-ethyl adjacent to an activating group) is 2. The maximum absolute atomic E-state index is 13.1. The number of carbonyl (C=O) groups is 1. The zero-order valence-corrected chi connectivity index (χ0v) is 24.6. The van der Waals surface area contributed by atoms with Crippen LogP contribution in [0.2, 0.25) is 5.15 Å². The van der Waals surface area contributed by atoms with E-state index in [-0.39, 0.29) is 5.91 Å². The van der Waals surface area contributed by atoms with Crippen molar-refractivity contribution in [3.63, 3.8) is 0 Å². The van der Waals surface area contributed by atoms with Crippen LogP contribution in [0.5, 0.6) is 11.5 Å². The first-order valence-corrected chi connectivity index (χ1v) is 14.5. The molecule has 8 nitrogen and oxygen atoms in total. The van der Waals surface area contributed by atoms with E-state index in [9.17, 15) is 4.79 Å². The van der Waals surface area contributed by atoms with E-state index in [4.69, 9.17) is 26.1 Å². The number of methoxy groups -OCH3 is 2. The number of ether oxygens (including phenoxy) is 2. The fraction of sp³-hybridized carbons (Fsp3) is 0.414. The number of thioether (sulfide) groups is 1. The van der Waals surface area contributed by atoms with Gasteiger partial charge in [-0.25, -0.2) is 9.97 Å². The molecule has 2 aromatic carbocycles. The molecule has 208 valence electrons. The third-order valence-electron chi connectivity index (χ3n) is 6.88. The van der Waals surface area contributed by atoms with Crippen molar-refractivity contribution in [3.8, 4) is 11.5 Å². The van der Waals surface area contributed by atoms with E-state index in [1.54, 1.807) is 20.3 Å². The second-order valence-corrected chi connectivity index (χ2v) is 10.7. The Labute approximate surface area is 240 Å². The van der Waals surface area contributed by atoms with Crippen LogP contribution in [-0.2, 0) is 12.2 Å². The molecular weight excluding hydrogens is 534 g/mol. The number of aromatic nitrogens is 2. The zero-order chi connectivity index (χ0) is 27.8. The molecule has 0 aliphatic carbocycles. The topological polar surface area (TPSA) is 71.0 Å². The number of piperazine rings is 1. The number of amides is 1. The van der Waals surface area contributed by atoms with Crippen molar-refractivity contribution in [1.29, 1.82) is 0 Å². The Balaban J connectivity index is 1.36. The molecule has 0 radical (unpaired) electrons. The highest BCUT2D eigenvalue weighted by molar-refractivity contribution is 7.98. The molecule has 1 aliphatic heterocycles. The van der Waals surface area contributed by atoms with Crippen LogP contribution in [0.15, 0.2) is 53.7 Å². The highest BCUT2D eigenvalue weighted by atomic mass is 35.5. The molecule has 0 unspecified atom stereocenters. The minimum atomic E-state index is 0.0926. The fourth-order valence-electron chi connectivity index (χ4n) is 4.48. The number of anilines is 1. The standard InChI is InChI=1S/C29H36ClN5O3S/c1-5-34-13-15-35(16-14-34)28(36)23-8-6-7-22(17-23)20-39-29-31-26(30)19-27(32-29)33(2)12-11-21-9-10-24(37-3)25(18-21)38-4/h6-10,17-19H,5,11-16,20H2,1-4H3. The summed E-state index contributed by atoms with van der Waals surface area (Å²) in [5.74, 6) is 2.91. The fourth-order valence-corrected chi connectivity index (χ4v) is 5.51. The van der Waals surface area contributed by atoms with Crippen LogP contribution in [0.4, 0.5) is 5.82 Å². The molecule has 1 aromatic heterocycles. The van der Waals surface area contributed by atoms with Crippen molar-refractivity contribution in [1.82, 2.24) is 19.8 Å². The van der Waals surface area contributed by atoms with Gasteiger partial charge in [-0.05, 0) is 48.4 Å². The smallest absolute Gasteiger partial charge is 0.253 e. The molecule has 0 bridgehead atoms. The monoisotopic (exact) mass is 569 g/mol. The lowest BCUT2D eigenvalue weighted by Gasteiger charge is -2.34. The van der Waals surface area contributed by atoms with Crippen LogP contribution in [0.1, 0.15) is 28.4 Å². The summed E-state index contributed by atoms with van der Waals surface area (Å²) in [6.45, 7) is 7.31. The van der Waals surface area contributed by atoms with Gasteiger partial charge in [-0.3, -0.25) is 4.79 Å². The van der Waals surface area contributed by atoms with Crippen LogP contribution in [0, 0.1) is 0 Å². The quantitative estimate of drug-likeness (QED) is 0.183. The van der Waals surface area contributed by atoms with Crippen LogP contribution < -0.4 is 14.4 Å². The molecule has 1 amide bonds. The number of carbonyl (C=O) groups excluding carboxylic acids is 1. The Kier molecular flexibility index (Phi) is 10.3. The predicted octanol–water partition coefficient (Wildman–Crippen LogP) is 4.90. The number of halogens is 1. The molecule has 39 heavy (non-hydrogen) atoms. The van der Waals surface area contributed by atoms with Gasteiger partial charge in [0.25, 0.3) is 5.91 Å². The normalized spacial score (nSPS) is 13.8. The van der Waals surface area contributed by atoms with E-state index in [0.29, 0.717) is 27.6 Å². The molecule has 2 heterocycles. The van der Waals surface area contributed by atoms with Gasteiger partial charge in [-0.1, -0.05) is 48.5 Å². The molecule has 0 spiro atoms. The van der Waals surface area contributed by atoms with Gasteiger partial charge < -0.3 is 24.2 Å². The van der Waals surface area contributed by atoms with Crippen LogP contribution in [-0.4, -0.2) is 86.2 Å². The van der Waals surface area contributed by atoms with Crippen molar-refractivity contribution < 1.29 is 14.3 Å². The van der Waals surface area contributed by atoms with E-state index < -0.39 is 0 Å². The van der Waals surface area contributed by atoms with Crippen molar-refractivity contribution >= 4 is 35.1 Å². The summed E-state index contributed by atoms with van der Waals surface area (Å²) >= 11 is 7.87. The van der Waals surface area contributed by atoms with E-state index in [0.717, 1.165) is 68.2 Å². The lowest BCUT2D eigenvalue weighted by atomic mass is 10.1. The maximum Gasteiger partial charge on any atom is 0.253 e. The second kappa shape index (κ2) is 13.9. The van der Waals surface area contributed by atoms with Gasteiger partial charge in [0.15, 0.2) is 16.7 Å². The Morgan fingerprint density at radius 2 is 1.77 bits per heavy atom. The molecule has 10 heteroatoms. The van der Waals surface area contributed by atoms with Crippen LogP contribution in [0.3, 0.4) is 0 Å². The summed E-state index contributed by atoms with van der Waals surface area (Å²) in [6, 6.07) is 15.6. The first kappa shape index (κ1) is 29.0. The van der Waals surface area contributed by atoms with Gasteiger partial charge in [-0.2, -0.15) is 0 Å². The van der Waals surface area contributed by atoms with Gasteiger partial charge in [0.1, 0.15) is 11.0 Å². The minimum Gasteiger partial charge on any atom is -0.493 e. The lowest BCUT2D eigenvalue weighted by Crippen LogP contribution is -2.48. The Bertz CT molecular complexity index is 1270. The van der Waals surface area contributed by atoms with Crippen molar-refractivity contribution in [3.05, 3.63) is 70.4 Å². The number of rotatable bonds is 11. The van der Waals surface area contributed by atoms with Crippen molar-refractivity contribution in [2.45, 2.75) is 24.3 Å². The number of benzene rings is 2. The van der Waals surface area contributed by atoms with Crippen molar-refractivity contribution in [2.24, 2.45) is 0 Å². The Morgan fingerprint density at radius 1 is 1.00 bits per heavy atom. The van der Waals surface area contributed by atoms with Gasteiger partial charge in [-0.15, -0.1) is 0 Å². The van der Waals surface area contributed by atoms with Gasteiger partial charge in [0, 0.05) is 57.2 Å². The second-order valence-electron chi connectivity index (χ2n) is 9.41. The molecular formula is C29H36ClN5O3S. The van der Waals surface area contributed by atoms with Crippen LogP contribution in [0.25, 0.3) is 0 Å². The molecule has 4 rings (SSSR count). The number of nitrogens with zero attached hydrogens (tertiary/aromatic N) is 5. The third kappa shape index (κ3) is 7.77. The molecule has 0 saturated carbocycles. The minimum absolute atomic E-state index is 0.0926. The lowest BCUT2D eigenvalue weighted by molar-refractivity contribution is 0.0643. The highest BCUT2D eigenvalue weighted by Crippen LogP contribution is 2.28. The average molecular weight is 570 g/mol. The molecule has 1 fully saturated rings. The summed E-state index contributed by atoms with van der Waals surface area (Å²) in [5, 5.41) is 0.999.